The van der Waals surface area contributed by atoms with Gasteiger partial charge in [-0.1, -0.05) is 293 Å². The van der Waals surface area contributed by atoms with Crippen molar-refractivity contribution >= 4 is 39.5 Å². The first kappa shape index (κ1) is 87.1. The molecular formula is C70H136O17P2. The summed E-state index contributed by atoms with van der Waals surface area (Å²) in [6, 6.07) is 0. The normalized spacial score (nSPS) is 14.3. The highest BCUT2D eigenvalue weighted by atomic mass is 31.2. The molecule has 0 fully saturated rings. The number of aliphatic hydroxyl groups is 1. The molecule has 89 heavy (non-hydrogen) atoms. The van der Waals surface area contributed by atoms with E-state index in [0.717, 1.165) is 108 Å². The number of rotatable bonds is 67. The molecule has 17 nitrogen and oxygen atoms in total. The Hall–Kier alpha value is -1.94. The molecule has 0 aromatic heterocycles. The lowest BCUT2D eigenvalue weighted by molar-refractivity contribution is -0.161. The fourth-order valence-corrected chi connectivity index (χ4v) is 12.1. The summed E-state index contributed by atoms with van der Waals surface area (Å²) >= 11 is 0. The average molecular weight is 1310 g/mol. The molecule has 3 N–H and O–H groups in total. The highest BCUT2D eigenvalue weighted by molar-refractivity contribution is 7.47. The van der Waals surface area contributed by atoms with Crippen LogP contribution in [0, 0.1) is 23.7 Å². The van der Waals surface area contributed by atoms with Crippen LogP contribution in [0.5, 0.6) is 0 Å². The first-order valence-electron chi connectivity index (χ1n) is 36.2. The first-order valence-corrected chi connectivity index (χ1v) is 39.2. The molecular weight excluding hydrogens is 1170 g/mol. The van der Waals surface area contributed by atoms with Gasteiger partial charge in [0, 0.05) is 25.7 Å². The van der Waals surface area contributed by atoms with Crippen LogP contribution in [0.3, 0.4) is 0 Å². The Morgan fingerprint density at radius 1 is 0.281 bits per heavy atom. The third-order valence-electron chi connectivity index (χ3n) is 16.1. The lowest BCUT2D eigenvalue weighted by Gasteiger charge is -2.21. The summed E-state index contributed by atoms with van der Waals surface area (Å²) < 4.78 is 68.2. The Bertz CT molecular complexity index is 1760. The van der Waals surface area contributed by atoms with Gasteiger partial charge in [0.2, 0.25) is 0 Å². The van der Waals surface area contributed by atoms with Crippen LogP contribution in [0.25, 0.3) is 0 Å². The van der Waals surface area contributed by atoms with Crippen LogP contribution in [0.1, 0.15) is 344 Å². The Morgan fingerprint density at radius 2 is 0.472 bits per heavy atom. The number of ether oxygens (including phenoxy) is 4. The molecule has 0 saturated carbocycles. The molecule has 0 aliphatic carbocycles. The molecule has 0 aromatic rings. The number of hydrogen-bond acceptors (Lipinski definition) is 15. The molecule has 19 heteroatoms. The van der Waals surface area contributed by atoms with Crippen molar-refractivity contribution < 1.29 is 80.2 Å². The van der Waals surface area contributed by atoms with E-state index in [0.29, 0.717) is 37.5 Å². The molecule has 0 spiro atoms. The quantitative estimate of drug-likeness (QED) is 0.0222. The predicted molar refractivity (Wildman–Crippen MR) is 358 cm³/mol. The summed E-state index contributed by atoms with van der Waals surface area (Å²) in [5.41, 5.74) is 0. The standard InChI is InChI=1S/C70H136O17P2/c1-60(2)46-38-30-22-17-14-12-10-9-11-13-15-19-26-36-44-52-69(74)86-65(56-80-67(72)50-42-34-25-20-16-18-23-31-39-47-61(3)4)58-84-88(76,77)82-54-64(71)55-83-89(78,79)85-59-66(87-70(75)53-45-37-29-28-33-41-49-63(7)8)57-81-68(73)51-43-35-27-21-24-32-40-48-62(5)6/h60-66,71H,9-59H2,1-8H3,(H,76,77)(H,78,79)/t64?,65-,66-/m1/s1. The Balaban J connectivity index is 5.21. The Kier molecular flexibility index (Phi) is 58.5. The average Bonchev–Trinajstić information content (AvgIpc) is 3.54. The summed E-state index contributed by atoms with van der Waals surface area (Å²) in [6.07, 6.45) is 42.0. The van der Waals surface area contributed by atoms with Gasteiger partial charge in [-0.05, 0) is 49.4 Å². The molecule has 0 amide bonds. The second-order valence-electron chi connectivity index (χ2n) is 27.2. The third-order valence-corrected chi connectivity index (χ3v) is 18.0. The highest BCUT2D eigenvalue weighted by Crippen LogP contribution is 2.45. The predicted octanol–water partition coefficient (Wildman–Crippen LogP) is 19.7. The number of hydrogen-bond donors (Lipinski definition) is 3. The van der Waals surface area contributed by atoms with Crippen LogP contribution in [0.4, 0.5) is 0 Å². The van der Waals surface area contributed by atoms with Gasteiger partial charge in [0.1, 0.15) is 19.3 Å². The van der Waals surface area contributed by atoms with Gasteiger partial charge in [-0.25, -0.2) is 9.13 Å². The van der Waals surface area contributed by atoms with Gasteiger partial charge in [0.25, 0.3) is 0 Å². The van der Waals surface area contributed by atoms with Gasteiger partial charge in [0.15, 0.2) is 12.2 Å². The third kappa shape index (κ3) is 64.6. The van der Waals surface area contributed by atoms with Crippen molar-refractivity contribution in [2.75, 3.05) is 39.6 Å². The van der Waals surface area contributed by atoms with E-state index in [1.54, 1.807) is 0 Å². The lowest BCUT2D eigenvalue weighted by Crippen LogP contribution is -2.30. The summed E-state index contributed by atoms with van der Waals surface area (Å²) in [5, 5.41) is 10.6. The summed E-state index contributed by atoms with van der Waals surface area (Å²) in [4.78, 5) is 72.4. The number of esters is 4. The number of phosphoric ester groups is 2. The molecule has 528 valence electrons. The van der Waals surface area contributed by atoms with Crippen molar-refractivity contribution in [3.05, 3.63) is 0 Å². The summed E-state index contributed by atoms with van der Waals surface area (Å²) in [7, 11) is -9.90. The molecule has 0 aliphatic heterocycles. The van der Waals surface area contributed by atoms with Crippen LogP contribution in [-0.2, 0) is 65.4 Å². The molecule has 0 aromatic carbocycles. The number of phosphoric acid groups is 2. The fourth-order valence-electron chi connectivity index (χ4n) is 10.5. The lowest BCUT2D eigenvalue weighted by atomic mass is 10.0. The zero-order valence-corrected chi connectivity index (χ0v) is 59.8. The van der Waals surface area contributed by atoms with Gasteiger partial charge in [-0.2, -0.15) is 0 Å². The van der Waals surface area contributed by atoms with E-state index >= 15 is 0 Å². The van der Waals surface area contributed by atoms with Gasteiger partial charge in [-0.15, -0.1) is 0 Å². The van der Waals surface area contributed by atoms with E-state index in [-0.39, 0.29) is 25.7 Å². The highest BCUT2D eigenvalue weighted by Gasteiger charge is 2.30. The minimum absolute atomic E-state index is 0.101. The number of carbonyl (C=O) groups is 4. The van der Waals surface area contributed by atoms with Crippen molar-refractivity contribution in [3.63, 3.8) is 0 Å². The number of aliphatic hydroxyl groups excluding tert-OH is 1. The monoisotopic (exact) mass is 1310 g/mol. The van der Waals surface area contributed by atoms with Crippen molar-refractivity contribution in [2.45, 2.75) is 363 Å². The van der Waals surface area contributed by atoms with E-state index in [1.807, 2.05) is 0 Å². The van der Waals surface area contributed by atoms with E-state index in [4.69, 9.17) is 37.0 Å². The van der Waals surface area contributed by atoms with Crippen LogP contribution in [-0.4, -0.2) is 96.7 Å². The maximum Gasteiger partial charge on any atom is 0.472 e. The van der Waals surface area contributed by atoms with Crippen LogP contribution >= 0.6 is 15.6 Å². The Morgan fingerprint density at radius 3 is 0.697 bits per heavy atom. The largest absolute Gasteiger partial charge is 0.472 e. The number of carbonyl (C=O) groups excluding carboxylic acids is 4. The summed E-state index contributed by atoms with van der Waals surface area (Å²) in [5.74, 6) is 0.786. The minimum Gasteiger partial charge on any atom is -0.462 e. The fraction of sp³-hybridized carbons (Fsp3) is 0.943. The first-order chi connectivity index (χ1) is 42.6. The van der Waals surface area contributed by atoms with Gasteiger partial charge >= 0.3 is 39.5 Å². The molecule has 0 bridgehead atoms. The van der Waals surface area contributed by atoms with Gasteiger partial charge < -0.3 is 33.8 Å². The van der Waals surface area contributed by atoms with E-state index in [2.05, 4.69) is 55.4 Å². The topological polar surface area (TPSA) is 237 Å². The maximum atomic E-state index is 13.0. The molecule has 5 atom stereocenters. The van der Waals surface area contributed by atoms with Crippen molar-refractivity contribution in [1.82, 2.24) is 0 Å². The minimum atomic E-state index is -4.95. The summed E-state index contributed by atoms with van der Waals surface area (Å²) in [6.45, 7) is 14.0. The van der Waals surface area contributed by atoms with Crippen LogP contribution in [0.2, 0.25) is 0 Å². The van der Waals surface area contributed by atoms with Crippen molar-refractivity contribution in [3.8, 4) is 0 Å². The van der Waals surface area contributed by atoms with Gasteiger partial charge in [0.05, 0.1) is 26.4 Å². The molecule has 3 unspecified atom stereocenters. The second kappa shape index (κ2) is 59.8. The SMILES string of the molecule is CC(C)CCCCCCCCCCCCCCCCCC(=O)O[C@H](COC(=O)CCCCCCCCCCCC(C)C)COP(=O)(O)OCC(O)COP(=O)(O)OC[C@@H](COC(=O)CCCCCCCCCC(C)C)OC(=O)CCCCCCCCC(C)C. The smallest absolute Gasteiger partial charge is 0.462 e. The van der Waals surface area contributed by atoms with Gasteiger partial charge in [-0.3, -0.25) is 37.3 Å². The van der Waals surface area contributed by atoms with Crippen LogP contribution < -0.4 is 0 Å². The van der Waals surface area contributed by atoms with Crippen molar-refractivity contribution in [1.29, 1.82) is 0 Å². The molecule has 0 rings (SSSR count). The van der Waals surface area contributed by atoms with E-state index in [9.17, 15) is 43.2 Å². The zero-order chi connectivity index (χ0) is 66.1. The molecule has 0 aliphatic rings. The van der Waals surface area contributed by atoms with E-state index < -0.39 is 97.5 Å². The van der Waals surface area contributed by atoms with Crippen LogP contribution in [0.15, 0.2) is 0 Å². The molecule has 0 heterocycles. The number of unbranched alkanes of at least 4 members (excludes halogenated alkanes) is 33. The second-order valence-corrected chi connectivity index (χ2v) is 30.1. The Labute approximate surface area is 543 Å². The van der Waals surface area contributed by atoms with E-state index in [1.165, 1.54) is 141 Å². The van der Waals surface area contributed by atoms with Crippen molar-refractivity contribution in [2.24, 2.45) is 23.7 Å². The maximum absolute atomic E-state index is 13.0. The molecule has 0 saturated heterocycles. The molecule has 0 radical (unpaired) electrons. The zero-order valence-electron chi connectivity index (χ0n) is 58.1.